The van der Waals surface area contributed by atoms with Crippen molar-refractivity contribution in [2.45, 2.75) is 13.0 Å². The lowest BCUT2D eigenvalue weighted by atomic mass is 10.0. The van der Waals surface area contributed by atoms with Crippen LogP contribution >= 0.6 is 0 Å². The molecule has 0 bridgehead atoms. The summed E-state index contributed by atoms with van der Waals surface area (Å²) in [6.07, 6.45) is -0.658. The lowest BCUT2D eigenvalue weighted by Crippen LogP contribution is -2.42. The van der Waals surface area contributed by atoms with E-state index in [1.165, 1.54) is 0 Å². The van der Waals surface area contributed by atoms with E-state index in [2.05, 4.69) is 6.58 Å². The van der Waals surface area contributed by atoms with Gasteiger partial charge in [-0.2, -0.15) is 0 Å². The van der Waals surface area contributed by atoms with Gasteiger partial charge in [-0.05, 0) is 19.1 Å². The number of hydrogen-bond donors (Lipinski definition) is 1. The van der Waals surface area contributed by atoms with E-state index in [0.29, 0.717) is 23.7 Å². The minimum absolute atomic E-state index is 0.125. The van der Waals surface area contributed by atoms with Gasteiger partial charge in [0.05, 0.1) is 5.69 Å². The Hall–Kier alpha value is -2.75. The predicted molar refractivity (Wildman–Crippen MR) is 87.8 cm³/mol. The third kappa shape index (κ3) is 2.44. The summed E-state index contributed by atoms with van der Waals surface area (Å²) in [7, 11) is 0. The summed E-state index contributed by atoms with van der Waals surface area (Å²) >= 11 is 0. The highest BCUT2D eigenvalue weighted by atomic mass is 16.5. The van der Waals surface area contributed by atoms with Gasteiger partial charge in [0.25, 0.3) is 5.91 Å². The topological polar surface area (TPSA) is 55.6 Å². The van der Waals surface area contributed by atoms with Crippen LogP contribution in [0.1, 0.15) is 18.6 Å². The number of fused-ring (bicyclic) bond motifs is 1. The summed E-state index contributed by atoms with van der Waals surface area (Å²) in [5, 5.41) is 0. The zero-order chi connectivity index (χ0) is 15.7. The Kier molecular flexibility index (Phi) is 3.59. The monoisotopic (exact) mass is 294 g/mol. The number of amides is 1. The SMILES string of the molecule is C=C(C)CN1C(=O)C(c2ccccc2)Oc2cccc(N)c21. The summed E-state index contributed by atoms with van der Waals surface area (Å²) in [6.45, 7) is 6.22. The Balaban J connectivity index is 2.09. The molecule has 0 fully saturated rings. The first kappa shape index (κ1) is 14.2. The molecule has 0 radical (unpaired) electrons. The third-order valence-corrected chi connectivity index (χ3v) is 3.57. The molecule has 1 aliphatic heterocycles. The van der Waals surface area contributed by atoms with Crippen LogP contribution in [0, 0.1) is 0 Å². The lowest BCUT2D eigenvalue weighted by molar-refractivity contribution is -0.126. The van der Waals surface area contributed by atoms with Crippen molar-refractivity contribution < 1.29 is 9.53 Å². The zero-order valence-corrected chi connectivity index (χ0v) is 12.5. The van der Waals surface area contributed by atoms with Crippen LogP contribution in [0.5, 0.6) is 5.75 Å². The standard InChI is InChI=1S/C18H18N2O2/c1-12(2)11-20-16-14(19)9-6-10-15(16)22-17(18(20)21)13-7-4-3-5-8-13/h3-10,17H,1,11,19H2,2H3. The minimum Gasteiger partial charge on any atom is -0.474 e. The molecule has 1 aliphatic rings. The van der Waals surface area contributed by atoms with Gasteiger partial charge >= 0.3 is 0 Å². The van der Waals surface area contributed by atoms with E-state index in [-0.39, 0.29) is 5.91 Å². The molecular formula is C18H18N2O2. The maximum Gasteiger partial charge on any atom is 0.273 e. The van der Waals surface area contributed by atoms with Crippen LogP contribution < -0.4 is 15.4 Å². The molecule has 2 N–H and O–H groups in total. The molecular weight excluding hydrogens is 276 g/mol. The Labute approximate surface area is 129 Å². The van der Waals surface area contributed by atoms with Crippen molar-refractivity contribution in [2.24, 2.45) is 0 Å². The number of nitrogen functional groups attached to an aromatic ring is 1. The highest BCUT2D eigenvalue weighted by Crippen LogP contribution is 2.42. The van der Waals surface area contributed by atoms with Crippen molar-refractivity contribution in [1.29, 1.82) is 0 Å². The Bertz CT molecular complexity index is 725. The normalized spacial score (nSPS) is 16.9. The molecule has 0 aliphatic carbocycles. The van der Waals surface area contributed by atoms with E-state index >= 15 is 0 Å². The number of carbonyl (C=O) groups is 1. The van der Waals surface area contributed by atoms with E-state index in [0.717, 1.165) is 11.1 Å². The number of para-hydroxylation sites is 1. The third-order valence-electron chi connectivity index (χ3n) is 3.57. The first-order chi connectivity index (χ1) is 10.6. The van der Waals surface area contributed by atoms with E-state index < -0.39 is 6.10 Å². The van der Waals surface area contributed by atoms with Crippen molar-refractivity contribution in [3.63, 3.8) is 0 Å². The Morgan fingerprint density at radius 3 is 2.64 bits per heavy atom. The predicted octanol–water partition coefficient (Wildman–Crippen LogP) is 3.31. The molecule has 1 amide bonds. The van der Waals surface area contributed by atoms with Gasteiger partial charge in [-0.15, -0.1) is 0 Å². The van der Waals surface area contributed by atoms with Crippen molar-refractivity contribution in [3.05, 3.63) is 66.2 Å². The van der Waals surface area contributed by atoms with Gasteiger partial charge in [-0.1, -0.05) is 48.6 Å². The van der Waals surface area contributed by atoms with Crippen molar-refractivity contribution in [1.82, 2.24) is 0 Å². The molecule has 4 heteroatoms. The minimum atomic E-state index is -0.658. The summed E-state index contributed by atoms with van der Waals surface area (Å²) in [6, 6.07) is 14.9. The van der Waals surface area contributed by atoms with Gasteiger partial charge in [0, 0.05) is 12.1 Å². The fourth-order valence-corrected chi connectivity index (χ4v) is 2.62. The smallest absolute Gasteiger partial charge is 0.273 e. The molecule has 0 spiro atoms. The number of rotatable bonds is 3. The van der Waals surface area contributed by atoms with E-state index in [1.54, 1.807) is 11.0 Å². The van der Waals surface area contributed by atoms with Crippen molar-refractivity contribution >= 4 is 17.3 Å². The van der Waals surface area contributed by atoms with Crippen LogP contribution in [0.4, 0.5) is 11.4 Å². The first-order valence-corrected chi connectivity index (χ1v) is 7.14. The number of ether oxygens (including phenoxy) is 1. The molecule has 0 saturated heterocycles. The van der Waals surface area contributed by atoms with E-state index in [1.807, 2.05) is 49.4 Å². The number of hydrogen-bond acceptors (Lipinski definition) is 3. The number of nitrogens with zero attached hydrogens (tertiary/aromatic N) is 1. The molecule has 0 aromatic heterocycles. The highest BCUT2D eigenvalue weighted by molar-refractivity contribution is 6.03. The fourth-order valence-electron chi connectivity index (χ4n) is 2.62. The molecule has 2 aromatic rings. The van der Waals surface area contributed by atoms with Gasteiger partial charge in [-0.25, -0.2) is 0 Å². The van der Waals surface area contributed by atoms with E-state index in [9.17, 15) is 4.79 Å². The Morgan fingerprint density at radius 1 is 1.23 bits per heavy atom. The summed E-state index contributed by atoms with van der Waals surface area (Å²) < 4.78 is 5.92. The molecule has 0 saturated carbocycles. The second-order valence-corrected chi connectivity index (χ2v) is 5.48. The van der Waals surface area contributed by atoms with Gasteiger partial charge in [0.1, 0.15) is 11.4 Å². The number of carbonyl (C=O) groups excluding carboxylic acids is 1. The van der Waals surface area contributed by atoms with Crippen molar-refractivity contribution in [2.75, 3.05) is 17.2 Å². The van der Waals surface area contributed by atoms with Crippen LogP contribution in [0.2, 0.25) is 0 Å². The summed E-state index contributed by atoms with van der Waals surface area (Å²) in [4.78, 5) is 14.5. The van der Waals surface area contributed by atoms with Crippen LogP contribution in [-0.2, 0) is 4.79 Å². The molecule has 1 heterocycles. The van der Waals surface area contributed by atoms with Gasteiger partial charge in [0.15, 0.2) is 0 Å². The molecule has 3 rings (SSSR count). The second kappa shape index (κ2) is 5.56. The Morgan fingerprint density at radius 2 is 1.95 bits per heavy atom. The number of anilines is 2. The van der Waals surface area contributed by atoms with Gasteiger partial charge in [0.2, 0.25) is 6.10 Å². The molecule has 1 atom stereocenters. The molecule has 112 valence electrons. The molecule has 2 aromatic carbocycles. The van der Waals surface area contributed by atoms with Crippen LogP contribution in [0.25, 0.3) is 0 Å². The average Bonchev–Trinajstić information content (AvgIpc) is 2.50. The second-order valence-electron chi connectivity index (χ2n) is 5.48. The van der Waals surface area contributed by atoms with Crippen LogP contribution in [0.15, 0.2) is 60.7 Å². The number of nitrogens with two attached hydrogens (primary N) is 1. The van der Waals surface area contributed by atoms with Crippen LogP contribution in [0.3, 0.4) is 0 Å². The fraction of sp³-hybridized carbons (Fsp3) is 0.167. The highest BCUT2D eigenvalue weighted by Gasteiger charge is 2.36. The molecule has 1 unspecified atom stereocenters. The van der Waals surface area contributed by atoms with E-state index in [4.69, 9.17) is 10.5 Å². The molecule has 4 nitrogen and oxygen atoms in total. The largest absolute Gasteiger partial charge is 0.474 e. The lowest BCUT2D eigenvalue weighted by Gasteiger charge is -2.35. The summed E-state index contributed by atoms with van der Waals surface area (Å²) in [5.41, 5.74) is 8.92. The van der Waals surface area contributed by atoms with Gasteiger partial charge < -0.3 is 10.5 Å². The average molecular weight is 294 g/mol. The summed E-state index contributed by atoms with van der Waals surface area (Å²) in [5.74, 6) is 0.495. The maximum atomic E-state index is 12.9. The quantitative estimate of drug-likeness (QED) is 0.698. The van der Waals surface area contributed by atoms with Crippen molar-refractivity contribution in [3.8, 4) is 5.75 Å². The molecule has 22 heavy (non-hydrogen) atoms. The van der Waals surface area contributed by atoms with Crippen LogP contribution in [-0.4, -0.2) is 12.5 Å². The first-order valence-electron chi connectivity index (χ1n) is 7.14. The van der Waals surface area contributed by atoms with Gasteiger partial charge in [-0.3, -0.25) is 9.69 Å². The maximum absolute atomic E-state index is 12.9. The number of benzene rings is 2. The zero-order valence-electron chi connectivity index (χ0n) is 12.5.